The van der Waals surface area contributed by atoms with E-state index in [1.54, 1.807) is 18.2 Å². The van der Waals surface area contributed by atoms with E-state index in [4.69, 9.17) is 0 Å². The number of carbonyl (C=O) groups excluding carboxylic acids is 3. The number of anilines is 1. The van der Waals surface area contributed by atoms with Crippen molar-refractivity contribution in [2.24, 2.45) is 0 Å². The number of fused-ring (bicyclic) bond motifs is 6. The van der Waals surface area contributed by atoms with Gasteiger partial charge >= 0.3 is 12.2 Å². The summed E-state index contributed by atoms with van der Waals surface area (Å²) in [5.74, 6) is -2.96. The van der Waals surface area contributed by atoms with Gasteiger partial charge in [-0.15, -0.1) is 0 Å². The minimum atomic E-state index is -5.00. The molecule has 3 heterocycles. The Morgan fingerprint density at radius 3 is 2.42 bits per heavy atom. The number of alkyl halides is 3. The SMILES string of the molecule is O=C1[C@H]2[C@@H]3C[C@@H](CN3C(=O)c3ccc(F)c(C(F)(F)F)c3)N2C(=O)N1c1ccc([N+](=O)[O-])c2ccccc12. The second-order valence-electron chi connectivity index (χ2n) is 9.32. The zero-order valence-electron chi connectivity index (χ0n) is 19.2. The van der Waals surface area contributed by atoms with Crippen LogP contribution < -0.4 is 4.90 Å². The number of imide groups is 1. The van der Waals surface area contributed by atoms with E-state index in [1.807, 2.05) is 0 Å². The lowest BCUT2D eigenvalue weighted by atomic mass is 10.0. The van der Waals surface area contributed by atoms with Gasteiger partial charge in [-0.1, -0.05) is 18.2 Å². The van der Waals surface area contributed by atoms with Crippen LogP contribution in [0.25, 0.3) is 10.8 Å². The van der Waals surface area contributed by atoms with E-state index >= 15 is 0 Å². The predicted molar refractivity (Wildman–Crippen MR) is 124 cm³/mol. The Morgan fingerprint density at radius 1 is 1.03 bits per heavy atom. The maximum absolute atomic E-state index is 13.7. The summed E-state index contributed by atoms with van der Waals surface area (Å²) < 4.78 is 53.3. The Bertz CT molecular complexity index is 1580. The fraction of sp³-hybridized carbons (Fsp3) is 0.240. The van der Waals surface area contributed by atoms with Crippen molar-refractivity contribution in [2.75, 3.05) is 11.4 Å². The summed E-state index contributed by atoms with van der Waals surface area (Å²) in [6.07, 6.45) is -4.74. The number of piperazine rings is 1. The van der Waals surface area contributed by atoms with Crippen molar-refractivity contribution in [3.63, 3.8) is 0 Å². The molecule has 4 amide bonds. The molecule has 3 aliphatic rings. The summed E-state index contributed by atoms with van der Waals surface area (Å²) in [6.45, 7) is -0.00734. The molecule has 3 aromatic carbocycles. The lowest BCUT2D eigenvalue weighted by molar-refractivity contribution is -0.383. The summed E-state index contributed by atoms with van der Waals surface area (Å²) >= 11 is 0. The number of likely N-dealkylation sites (tertiary alicyclic amines) is 1. The molecule has 3 fully saturated rings. The van der Waals surface area contributed by atoms with Gasteiger partial charge in [0.2, 0.25) is 0 Å². The number of nitro groups is 1. The molecule has 3 aromatic rings. The fourth-order valence-electron chi connectivity index (χ4n) is 5.78. The third-order valence-corrected chi connectivity index (χ3v) is 7.36. The van der Waals surface area contributed by atoms with Crippen LogP contribution in [0.2, 0.25) is 0 Å². The number of nitro benzene ring substituents is 1. The molecule has 6 rings (SSSR count). The van der Waals surface area contributed by atoms with Gasteiger partial charge in [-0.25, -0.2) is 14.1 Å². The first-order chi connectivity index (χ1) is 18.0. The minimum Gasteiger partial charge on any atom is -0.331 e. The van der Waals surface area contributed by atoms with Gasteiger partial charge in [0, 0.05) is 23.6 Å². The number of nitrogens with zero attached hydrogens (tertiary/aromatic N) is 4. The molecule has 0 saturated carbocycles. The number of benzene rings is 3. The molecule has 0 radical (unpaired) electrons. The lowest BCUT2D eigenvalue weighted by Gasteiger charge is -2.35. The number of rotatable bonds is 3. The summed E-state index contributed by atoms with van der Waals surface area (Å²) in [7, 11) is 0. The van der Waals surface area contributed by atoms with E-state index in [0.29, 0.717) is 17.5 Å². The van der Waals surface area contributed by atoms with Crippen LogP contribution in [0.3, 0.4) is 0 Å². The van der Waals surface area contributed by atoms with Crippen LogP contribution in [0, 0.1) is 15.9 Å². The molecule has 0 aliphatic carbocycles. The zero-order chi connectivity index (χ0) is 27.1. The molecule has 0 N–H and O–H groups in total. The highest BCUT2D eigenvalue weighted by atomic mass is 19.4. The van der Waals surface area contributed by atoms with Gasteiger partial charge in [0.1, 0.15) is 11.9 Å². The van der Waals surface area contributed by atoms with Gasteiger partial charge < -0.3 is 9.80 Å². The summed E-state index contributed by atoms with van der Waals surface area (Å²) in [6, 6.07) is 7.71. The monoisotopic (exact) mass is 528 g/mol. The minimum absolute atomic E-state index is 0.00734. The highest BCUT2D eigenvalue weighted by Gasteiger charge is 2.63. The molecule has 13 heteroatoms. The third kappa shape index (κ3) is 3.27. The highest BCUT2D eigenvalue weighted by molar-refractivity contribution is 6.25. The molecule has 2 bridgehead atoms. The average Bonchev–Trinajstić information content (AvgIpc) is 3.54. The fourth-order valence-corrected chi connectivity index (χ4v) is 5.78. The molecular formula is C25H16F4N4O5. The molecule has 3 atom stereocenters. The third-order valence-electron chi connectivity index (χ3n) is 7.36. The number of amides is 4. The Kier molecular flexibility index (Phi) is 5.00. The molecule has 9 nitrogen and oxygen atoms in total. The first-order valence-corrected chi connectivity index (χ1v) is 11.5. The van der Waals surface area contributed by atoms with Crippen LogP contribution in [0.5, 0.6) is 0 Å². The topological polar surface area (TPSA) is 104 Å². The smallest absolute Gasteiger partial charge is 0.331 e. The van der Waals surface area contributed by atoms with Crippen LogP contribution in [0.4, 0.5) is 33.7 Å². The molecule has 3 saturated heterocycles. The van der Waals surface area contributed by atoms with E-state index in [9.17, 15) is 42.1 Å². The van der Waals surface area contributed by atoms with Crippen molar-refractivity contribution < 1.29 is 36.9 Å². The van der Waals surface area contributed by atoms with Crippen LogP contribution >= 0.6 is 0 Å². The Hall–Kier alpha value is -4.55. The Morgan fingerprint density at radius 2 is 1.74 bits per heavy atom. The number of hydrogen-bond donors (Lipinski definition) is 0. The normalized spacial score (nSPS) is 22.5. The molecule has 0 spiro atoms. The summed E-state index contributed by atoms with van der Waals surface area (Å²) in [5.41, 5.74) is -2.00. The maximum Gasteiger partial charge on any atom is 0.419 e. The van der Waals surface area contributed by atoms with E-state index in [-0.39, 0.29) is 35.3 Å². The van der Waals surface area contributed by atoms with Crippen molar-refractivity contribution in [1.29, 1.82) is 0 Å². The Balaban J connectivity index is 1.34. The standard InChI is InChI=1S/C25H16F4N4O5/c26-17-6-5-12(9-16(17)25(27,28)29)22(34)30-11-13-10-20(30)21-23(35)32(24(36)31(13)21)18-7-8-19(33(37)38)15-4-2-1-3-14(15)18/h1-9,13,20-21H,10-11H2/t13-,20-,21+/m0/s1. The molecule has 3 aliphatic heterocycles. The first kappa shape index (κ1) is 23.8. The van der Waals surface area contributed by atoms with Crippen molar-refractivity contribution in [3.05, 3.63) is 81.7 Å². The van der Waals surface area contributed by atoms with Gasteiger partial charge in [0.25, 0.3) is 17.5 Å². The van der Waals surface area contributed by atoms with Gasteiger partial charge in [0.15, 0.2) is 0 Å². The number of halogens is 4. The van der Waals surface area contributed by atoms with Crippen LogP contribution in [0.1, 0.15) is 22.3 Å². The zero-order valence-corrected chi connectivity index (χ0v) is 19.2. The second-order valence-corrected chi connectivity index (χ2v) is 9.32. The van der Waals surface area contributed by atoms with Crippen molar-refractivity contribution in [2.45, 2.75) is 30.7 Å². The first-order valence-electron chi connectivity index (χ1n) is 11.5. The van der Waals surface area contributed by atoms with Crippen LogP contribution in [-0.4, -0.2) is 57.2 Å². The van der Waals surface area contributed by atoms with Crippen molar-refractivity contribution >= 4 is 40.0 Å². The van der Waals surface area contributed by atoms with E-state index in [1.165, 1.54) is 28.0 Å². The van der Waals surface area contributed by atoms with E-state index in [0.717, 1.165) is 11.0 Å². The van der Waals surface area contributed by atoms with Gasteiger partial charge in [-0.3, -0.25) is 19.7 Å². The molecular weight excluding hydrogens is 512 g/mol. The molecule has 194 valence electrons. The number of hydrogen-bond acceptors (Lipinski definition) is 5. The average molecular weight is 528 g/mol. The Labute approximate surface area is 211 Å². The van der Waals surface area contributed by atoms with Gasteiger partial charge in [0.05, 0.1) is 33.6 Å². The van der Waals surface area contributed by atoms with Crippen molar-refractivity contribution in [3.8, 4) is 0 Å². The summed E-state index contributed by atoms with van der Waals surface area (Å²) in [5, 5.41) is 12.0. The molecule has 0 aromatic heterocycles. The van der Waals surface area contributed by atoms with E-state index in [2.05, 4.69) is 0 Å². The quantitative estimate of drug-likeness (QED) is 0.218. The van der Waals surface area contributed by atoms with Crippen LogP contribution in [0.15, 0.2) is 54.6 Å². The lowest BCUT2D eigenvalue weighted by Crippen LogP contribution is -2.54. The number of carbonyl (C=O) groups is 3. The number of non-ortho nitro benzene ring substituents is 1. The van der Waals surface area contributed by atoms with E-state index < -0.39 is 58.5 Å². The largest absolute Gasteiger partial charge is 0.419 e. The summed E-state index contributed by atoms with van der Waals surface area (Å²) in [4.78, 5) is 54.6. The number of urea groups is 1. The molecule has 0 unspecified atom stereocenters. The van der Waals surface area contributed by atoms with Gasteiger partial charge in [-0.2, -0.15) is 13.2 Å². The van der Waals surface area contributed by atoms with Crippen LogP contribution in [-0.2, 0) is 11.0 Å². The van der Waals surface area contributed by atoms with Crippen molar-refractivity contribution in [1.82, 2.24) is 9.80 Å². The van der Waals surface area contributed by atoms with Gasteiger partial charge in [-0.05, 0) is 36.8 Å². The molecule has 38 heavy (non-hydrogen) atoms. The predicted octanol–water partition coefficient (Wildman–Crippen LogP) is 4.34. The maximum atomic E-state index is 13.7. The second kappa shape index (κ2) is 7.97. The highest BCUT2D eigenvalue weighted by Crippen LogP contribution is 2.45.